The molecule has 0 aliphatic carbocycles. The Morgan fingerprint density at radius 2 is 1.59 bits per heavy atom. The molecule has 1 heterocycles. The van der Waals surface area contributed by atoms with Crippen LogP contribution in [0.4, 0.5) is 30.7 Å². The lowest BCUT2D eigenvalue weighted by molar-refractivity contribution is -0.266. The molecule has 228 valence electrons. The molecule has 0 bridgehead atoms. The number of nitriles is 1. The highest BCUT2D eigenvalue weighted by Crippen LogP contribution is 2.45. The van der Waals surface area contributed by atoms with Crippen LogP contribution in [0.15, 0.2) is 91.1 Å². The first-order chi connectivity index (χ1) is 20.7. The average Bonchev–Trinajstić information content (AvgIpc) is 2.97. The molecule has 1 aromatic heterocycles. The van der Waals surface area contributed by atoms with E-state index in [0.29, 0.717) is 19.2 Å². The number of methoxy groups -OCH3 is 1. The van der Waals surface area contributed by atoms with E-state index in [-0.39, 0.29) is 27.9 Å². The van der Waals surface area contributed by atoms with E-state index in [4.69, 9.17) is 16.3 Å². The minimum Gasteiger partial charge on any atom is -0.356 e. The van der Waals surface area contributed by atoms with Gasteiger partial charge in [0.15, 0.2) is 0 Å². The van der Waals surface area contributed by atoms with E-state index in [1.165, 1.54) is 54.6 Å². The van der Waals surface area contributed by atoms with E-state index in [1.807, 2.05) is 6.07 Å². The lowest BCUT2D eigenvalue weighted by atomic mass is 9.78. The maximum absolute atomic E-state index is 14.9. The summed E-state index contributed by atoms with van der Waals surface area (Å²) in [4.78, 5) is 18.2. The van der Waals surface area contributed by atoms with Crippen LogP contribution < -0.4 is 5.32 Å². The number of aromatic nitrogens is 1. The van der Waals surface area contributed by atoms with Crippen LogP contribution in [0.5, 0.6) is 0 Å². The van der Waals surface area contributed by atoms with Crippen LogP contribution >= 0.6 is 11.6 Å². The molecule has 2 atom stereocenters. The molecule has 1 amide bonds. The number of ether oxygens (including phenoxy) is 1. The Morgan fingerprint density at radius 1 is 0.909 bits per heavy atom. The van der Waals surface area contributed by atoms with Crippen LogP contribution in [0, 0.1) is 17.1 Å². The van der Waals surface area contributed by atoms with Crippen LogP contribution in [0.1, 0.15) is 33.5 Å². The number of hydrogen-bond acceptors (Lipinski definition) is 4. The third-order valence-corrected chi connectivity index (χ3v) is 7.16. The third-order valence-electron chi connectivity index (χ3n) is 6.94. The minimum absolute atomic E-state index is 0.0569. The number of carbonyl (C=O) groups excluding carboxylic acids is 1. The van der Waals surface area contributed by atoms with Gasteiger partial charge in [0.2, 0.25) is 0 Å². The average molecular weight is 636 g/mol. The highest BCUT2D eigenvalue weighted by atomic mass is 35.5. The summed E-state index contributed by atoms with van der Waals surface area (Å²) in [6.07, 6.45) is -9.98. The number of pyridine rings is 1. The molecule has 0 saturated carbocycles. The fourth-order valence-electron chi connectivity index (χ4n) is 4.91. The fourth-order valence-corrected chi connectivity index (χ4v) is 5.02. The van der Waals surface area contributed by atoms with E-state index in [2.05, 4.69) is 10.3 Å². The normalized spacial score (nSPS) is 14.6. The topological polar surface area (TPSA) is 75.0 Å². The summed E-state index contributed by atoms with van der Waals surface area (Å²) >= 11 is 6.00. The summed E-state index contributed by atoms with van der Waals surface area (Å²) in [5, 5.41) is 11.7. The van der Waals surface area contributed by atoms with Crippen molar-refractivity contribution in [2.45, 2.75) is 29.9 Å². The summed E-state index contributed by atoms with van der Waals surface area (Å²) in [6.45, 7) is 0. The van der Waals surface area contributed by atoms with Gasteiger partial charge in [0.05, 0.1) is 27.9 Å². The highest BCUT2D eigenvalue weighted by molar-refractivity contribution is 6.30. The van der Waals surface area contributed by atoms with Gasteiger partial charge in [-0.3, -0.25) is 9.78 Å². The van der Waals surface area contributed by atoms with Gasteiger partial charge in [-0.1, -0.05) is 54.1 Å². The fraction of sp³-hybridized carbons (Fsp3) is 0.194. The zero-order valence-corrected chi connectivity index (χ0v) is 23.4. The highest BCUT2D eigenvalue weighted by Gasteiger charge is 2.64. The summed E-state index contributed by atoms with van der Waals surface area (Å²) in [5.41, 5.74) is -8.74. The summed E-state index contributed by atoms with van der Waals surface area (Å²) in [6, 6.07) is 17.2. The number of carbonyl (C=O) groups is 1. The van der Waals surface area contributed by atoms with Gasteiger partial charge < -0.3 is 10.1 Å². The lowest BCUT2D eigenvalue weighted by Gasteiger charge is -2.40. The van der Waals surface area contributed by atoms with Crippen LogP contribution in [-0.2, 0) is 33.3 Å². The largest absolute Gasteiger partial charge is 0.430 e. The molecule has 1 N–H and O–H groups in total. The zero-order valence-electron chi connectivity index (χ0n) is 22.6. The van der Waals surface area contributed by atoms with Gasteiger partial charge in [0.1, 0.15) is 11.4 Å². The van der Waals surface area contributed by atoms with E-state index in [9.17, 15) is 40.8 Å². The van der Waals surface area contributed by atoms with Gasteiger partial charge in [-0.05, 0) is 53.6 Å². The maximum atomic E-state index is 14.9. The second-order valence-corrected chi connectivity index (χ2v) is 10.1. The number of nitrogens with one attached hydrogen (secondary N) is 1. The van der Waals surface area contributed by atoms with E-state index < -0.39 is 58.3 Å². The lowest BCUT2D eigenvalue weighted by Crippen LogP contribution is -2.61. The maximum Gasteiger partial charge on any atom is 0.430 e. The molecule has 0 saturated heterocycles. The summed E-state index contributed by atoms with van der Waals surface area (Å²) in [7, 11) is 0.655. The van der Waals surface area contributed by atoms with Gasteiger partial charge >= 0.3 is 12.4 Å². The Balaban J connectivity index is 2.08. The van der Waals surface area contributed by atoms with E-state index in [1.54, 1.807) is 0 Å². The van der Waals surface area contributed by atoms with Crippen molar-refractivity contribution in [1.29, 1.82) is 5.26 Å². The molecular formula is C31H21ClF7N3O2. The smallest absolute Gasteiger partial charge is 0.356 e. The van der Waals surface area contributed by atoms with E-state index in [0.717, 1.165) is 18.3 Å². The summed E-state index contributed by atoms with van der Waals surface area (Å²) < 4.78 is 106. The monoisotopic (exact) mass is 635 g/mol. The van der Waals surface area contributed by atoms with Crippen molar-refractivity contribution in [3.63, 3.8) is 0 Å². The van der Waals surface area contributed by atoms with Crippen molar-refractivity contribution in [1.82, 2.24) is 10.3 Å². The molecule has 44 heavy (non-hydrogen) atoms. The van der Waals surface area contributed by atoms with Gasteiger partial charge in [-0.2, -0.15) is 31.6 Å². The number of alkyl halides is 6. The second kappa shape index (κ2) is 12.3. The SMILES string of the molecule is CO[C@](C(=O)N[C@@](Cc1cccc(C#N)c1)(c1cc(F)cc(C(F)(F)F)c1)c1ccc(Cl)cn1)(c1ccccc1)C(F)(F)F. The molecule has 0 spiro atoms. The molecule has 0 fully saturated rings. The Morgan fingerprint density at radius 3 is 2.16 bits per heavy atom. The molecule has 13 heteroatoms. The number of halogens is 8. The van der Waals surface area contributed by atoms with Gasteiger partial charge in [-0.15, -0.1) is 0 Å². The van der Waals surface area contributed by atoms with Crippen molar-refractivity contribution in [2.24, 2.45) is 0 Å². The predicted molar refractivity (Wildman–Crippen MR) is 146 cm³/mol. The van der Waals surface area contributed by atoms with Gasteiger partial charge in [0.25, 0.3) is 11.5 Å². The van der Waals surface area contributed by atoms with Gasteiger partial charge in [0, 0.05) is 25.3 Å². The second-order valence-electron chi connectivity index (χ2n) is 9.69. The van der Waals surface area contributed by atoms with E-state index >= 15 is 0 Å². The third kappa shape index (κ3) is 6.25. The number of nitrogens with zero attached hydrogens (tertiary/aromatic N) is 2. The standard InChI is InChI=1S/C31H21ClF7N3O2/c1-44-29(31(37,38)39,21-8-3-2-4-9-21)27(43)42-28(26-11-10-24(32)18-41-26,16-19-6-5-7-20(12-19)17-40)22-13-23(30(34,35)36)15-25(33)14-22/h2-15,18H,16H2,1H3,(H,42,43)/t28-,29-/m0/s1. The first kappa shape index (κ1) is 32.4. The molecule has 4 rings (SSSR count). The van der Waals surface area contributed by atoms with Crippen LogP contribution in [-0.4, -0.2) is 24.2 Å². The van der Waals surface area contributed by atoms with Crippen molar-refractivity contribution in [3.05, 3.63) is 135 Å². The predicted octanol–water partition coefficient (Wildman–Crippen LogP) is 7.47. The number of amides is 1. The molecule has 4 aromatic rings. The first-order valence-corrected chi connectivity index (χ1v) is 13.0. The molecule has 0 radical (unpaired) electrons. The molecule has 5 nitrogen and oxygen atoms in total. The van der Waals surface area contributed by atoms with Crippen LogP contribution in [0.3, 0.4) is 0 Å². The Hall–Kier alpha value is -4.47. The van der Waals surface area contributed by atoms with Crippen molar-refractivity contribution in [2.75, 3.05) is 7.11 Å². The summed E-state index contributed by atoms with van der Waals surface area (Å²) in [5.74, 6) is -3.21. The number of hydrogen-bond donors (Lipinski definition) is 1. The van der Waals surface area contributed by atoms with Crippen molar-refractivity contribution in [3.8, 4) is 6.07 Å². The Bertz CT molecular complexity index is 1690. The number of benzene rings is 3. The van der Waals surface area contributed by atoms with Crippen LogP contribution in [0.25, 0.3) is 0 Å². The zero-order chi connectivity index (χ0) is 32.3. The van der Waals surface area contributed by atoms with Crippen LogP contribution in [0.2, 0.25) is 5.02 Å². The molecular weight excluding hydrogens is 615 g/mol. The molecule has 0 unspecified atom stereocenters. The molecule has 0 aliphatic rings. The van der Waals surface area contributed by atoms with Gasteiger partial charge in [-0.25, -0.2) is 4.39 Å². The Kier molecular flexibility index (Phi) is 9.04. The Labute approximate surface area is 251 Å². The quantitative estimate of drug-likeness (QED) is 0.204. The number of rotatable bonds is 8. The molecule has 3 aromatic carbocycles. The van der Waals surface area contributed by atoms with Crippen molar-refractivity contribution < 1.29 is 40.3 Å². The van der Waals surface area contributed by atoms with Crippen molar-refractivity contribution >= 4 is 17.5 Å². The molecule has 0 aliphatic heterocycles. The minimum atomic E-state index is -5.40. The first-order valence-electron chi connectivity index (χ1n) is 12.7.